The van der Waals surface area contributed by atoms with Crippen molar-refractivity contribution < 1.29 is 4.79 Å². The van der Waals surface area contributed by atoms with Gasteiger partial charge in [-0.15, -0.1) is 0 Å². The first-order chi connectivity index (χ1) is 6.83. The summed E-state index contributed by atoms with van der Waals surface area (Å²) in [5.41, 5.74) is 0. The zero-order chi connectivity index (χ0) is 9.97. The number of nitrogens with zero attached hydrogens (tertiary/aromatic N) is 2. The Balaban J connectivity index is 1.94. The molecule has 2 rings (SSSR count). The monoisotopic (exact) mass is 192 g/mol. The third kappa shape index (κ3) is 1.89. The highest BCUT2D eigenvalue weighted by atomic mass is 16.2. The van der Waals surface area contributed by atoms with E-state index in [0.29, 0.717) is 0 Å². The van der Waals surface area contributed by atoms with Gasteiger partial charge in [0.15, 0.2) is 6.19 Å². The Labute approximate surface area is 84.7 Å². The van der Waals surface area contributed by atoms with Gasteiger partial charge in [-0.3, -0.25) is 4.79 Å². The van der Waals surface area contributed by atoms with Gasteiger partial charge in [-0.1, -0.05) is 19.3 Å². The minimum absolute atomic E-state index is 0.0923. The molecule has 0 unspecified atom stereocenters. The number of carbonyl (C=O) groups is 1. The fraction of sp³-hybridized carbons (Fsp3) is 0.818. The lowest BCUT2D eigenvalue weighted by Crippen LogP contribution is -2.35. The van der Waals surface area contributed by atoms with Gasteiger partial charge >= 0.3 is 0 Å². The van der Waals surface area contributed by atoms with E-state index < -0.39 is 0 Å². The standard InChI is InChI=1S/C11H16N2O/c12-8-13(10-6-7-10)11(14)9-4-2-1-3-5-9/h9-10H,1-7H2. The van der Waals surface area contributed by atoms with Gasteiger partial charge in [0, 0.05) is 12.0 Å². The molecule has 2 fully saturated rings. The van der Waals surface area contributed by atoms with Crippen LogP contribution in [0.3, 0.4) is 0 Å². The molecular formula is C11H16N2O. The number of amides is 1. The zero-order valence-electron chi connectivity index (χ0n) is 8.41. The summed E-state index contributed by atoms with van der Waals surface area (Å²) in [6, 6.07) is 0.245. The Kier molecular flexibility index (Phi) is 2.72. The van der Waals surface area contributed by atoms with Crippen molar-refractivity contribution in [2.75, 3.05) is 0 Å². The topological polar surface area (TPSA) is 44.1 Å². The molecule has 76 valence electrons. The lowest BCUT2D eigenvalue weighted by molar-refractivity contribution is -0.133. The molecule has 14 heavy (non-hydrogen) atoms. The van der Waals surface area contributed by atoms with E-state index >= 15 is 0 Å². The molecule has 0 aliphatic heterocycles. The second-order valence-electron chi connectivity index (χ2n) is 4.37. The minimum Gasteiger partial charge on any atom is -0.273 e. The van der Waals surface area contributed by atoms with Gasteiger partial charge < -0.3 is 0 Å². The summed E-state index contributed by atoms with van der Waals surface area (Å²) in [5.74, 6) is 0.235. The fourth-order valence-electron chi connectivity index (χ4n) is 2.19. The molecule has 0 spiro atoms. The van der Waals surface area contributed by atoms with Crippen molar-refractivity contribution in [1.29, 1.82) is 5.26 Å². The molecule has 1 amide bonds. The van der Waals surface area contributed by atoms with Crippen LogP contribution in [0.5, 0.6) is 0 Å². The Morgan fingerprint density at radius 3 is 2.29 bits per heavy atom. The third-order valence-electron chi connectivity index (χ3n) is 3.21. The van der Waals surface area contributed by atoms with E-state index in [0.717, 1.165) is 38.5 Å². The van der Waals surface area contributed by atoms with Crippen molar-refractivity contribution in [3.8, 4) is 6.19 Å². The van der Waals surface area contributed by atoms with Gasteiger partial charge in [-0.2, -0.15) is 5.26 Å². The Bertz CT molecular complexity index is 259. The van der Waals surface area contributed by atoms with E-state index in [-0.39, 0.29) is 17.9 Å². The lowest BCUT2D eigenvalue weighted by Gasteiger charge is -2.24. The molecule has 2 aliphatic rings. The highest BCUT2D eigenvalue weighted by molar-refractivity contribution is 5.81. The number of rotatable bonds is 2. The number of nitriles is 1. The second-order valence-corrected chi connectivity index (χ2v) is 4.37. The Morgan fingerprint density at radius 1 is 1.14 bits per heavy atom. The third-order valence-corrected chi connectivity index (χ3v) is 3.21. The van der Waals surface area contributed by atoms with E-state index in [4.69, 9.17) is 5.26 Å². The van der Waals surface area contributed by atoms with Crippen molar-refractivity contribution >= 4 is 5.91 Å². The average molecular weight is 192 g/mol. The van der Waals surface area contributed by atoms with E-state index in [2.05, 4.69) is 0 Å². The van der Waals surface area contributed by atoms with Crippen LogP contribution in [0.25, 0.3) is 0 Å². The first-order valence-corrected chi connectivity index (χ1v) is 5.55. The molecule has 0 aromatic carbocycles. The van der Waals surface area contributed by atoms with E-state index in [1.807, 2.05) is 6.19 Å². The quantitative estimate of drug-likeness (QED) is 0.496. The first kappa shape index (κ1) is 9.51. The van der Waals surface area contributed by atoms with Crippen LogP contribution in [0.4, 0.5) is 0 Å². The highest BCUT2D eigenvalue weighted by Crippen LogP contribution is 2.31. The maximum absolute atomic E-state index is 11.9. The van der Waals surface area contributed by atoms with Crippen LogP contribution in [-0.2, 0) is 4.79 Å². The number of carbonyl (C=O) groups excluding carboxylic acids is 1. The van der Waals surface area contributed by atoms with Crippen molar-refractivity contribution in [3.05, 3.63) is 0 Å². The van der Waals surface area contributed by atoms with Crippen molar-refractivity contribution in [3.63, 3.8) is 0 Å². The van der Waals surface area contributed by atoms with Crippen LogP contribution in [-0.4, -0.2) is 16.8 Å². The van der Waals surface area contributed by atoms with E-state index in [9.17, 15) is 4.79 Å². The van der Waals surface area contributed by atoms with Crippen LogP contribution in [0, 0.1) is 17.4 Å². The van der Waals surface area contributed by atoms with Crippen molar-refractivity contribution in [2.24, 2.45) is 5.92 Å². The maximum Gasteiger partial charge on any atom is 0.238 e. The van der Waals surface area contributed by atoms with Crippen molar-refractivity contribution in [2.45, 2.75) is 51.0 Å². The summed E-state index contributed by atoms with van der Waals surface area (Å²) in [6.45, 7) is 0. The zero-order valence-corrected chi connectivity index (χ0v) is 8.41. The van der Waals surface area contributed by atoms with Gasteiger partial charge in [0.05, 0.1) is 0 Å². The first-order valence-electron chi connectivity index (χ1n) is 5.55. The summed E-state index contributed by atoms with van der Waals surface area (Å²) in [6.07, 6.45) is 9.62. The second kappa shape index (κ2) is 4.00. The van der Waals surface area contributed by atoms with Crippen LogP contribution in [0.2, 0.25) is 0 Å². The highest BCUT2D eigenvalue weighted by Gasteiger charge is 2.36. The summed E-state index contributed by atoms with van der Waals surface area (Å²) < 4.78 is 0. The number of hydrogen-bond donors (Lipinski definition) is 0. The van der Waals surface area contributed by atoms with Crippen LogP contribution in [0.1, 0.15) is 44.9 Å². The van der Waals surface area contributed by atoms with Crippen molar-refractivity contribution in [1.82, 2.24) is 4.90 Å². The Hall–Kier alpha value is -1.04. The SMILES string of the molecule is N#CN(C(=O)C1CCCCC1)C1CC1. The summed E-state index contributed by atoms with van der Waals surface area (Å²) in [7, 11) is 0. The Morgan fingerprint density at radius 2 is 1.79 bits per heavy atom. The average Bonchev–Trinajstić information content (AvgIpc) is 3.04. The smallest absolute Gasteiger partial charge is 0.238 e. The van der Waals surface area contributed by atoms with Gasteiger partial charge in [0.2, 0.25) is 5.91 Å². The molecule has 0 heterocycles. The van der Waals surface area contributed by atoms with Gasteiger partial charge in [-0.25, -0.2) is 4.90 Å². The minimum atomic E-state index is 0.0923. The van der Waals surface area contributed by atoms with Crippen LogP contribution in [0.15, 0.2) is 0 Å². The predicted molar refractivity (Wildman–Crippen MR) is 52.1 cm³/mol. The molecule has 2 aliphatic carbocycles. The number of hydrogen-bond acceptors (Lipinski definition) is 2. The summed E-state index contributed by atoms with van der Waals surface area (Å²) in [4.78, 5) is 13.3. The molecule has 0 saturated heterocycles. The molecule has 0 N–H and O–H groups in total. The van der Waals surface area contributed by atoms with Gasteiger partial charge in [0.1, 0.15) is 0 Å². The molecular weight excluding hydrogens is 176 g/mol. The molecule has 0 aromatic rings. The molecule has 2 saturated carbocycles. The molecule has 0 atom stereocenters. The summed E-state index contributed by atoms with van der Waals surface area (Å²) >= 11 is 0. The summed E-state index contributed by atoms with van der Waals surface area (Å²) in [5, 5.41) is 8.89. The lowest BCUT2D eigenvalue weighted by atomic mass is 9.88. The fourth-order valence-corrected chi connectivity index (χ4v) is 2.19. The molecule has 0 aromatic heterocycles. The van der Waals surface area contributed by atoms with E-state index in [1.54, 1.807) is 0 Å². The maximum atomic E-state index is 11.9. The molecule has 0 bridgehead atoms. The molecule has 3 heteroatoms. The van der Waals surface area contributed by atoms with Crippen LogP contribution < -0.4 is 0 Å². The molecule has 3 nitrogen and oxygen atoms in total. The predicted octanol–water partition coefficient (Wildman–Crippen LogP) is 2.04. The largest absolute Gasteiger partial charge is 0.273 e. The van der Waals surface area contributed by atoms with E-state index in [1.165, 1.54) is 11.3 Å². The van der Waals surface area contributed by atoms with Crippen LogP contribution >= 0.6 is 0 Å². The van der Waals surface area contributed by atoms with Gasteiger partial charge in [0.25, 0.3) is 0 Å². The normalized spacial score (nSPS) is 22.8. The van der Waals surface area contributed by atoms with Gasteiger partial charge in [-0.05, 0) is 25.7 Å². The molecule has 0 radical (unpaired) electrons.